The molecule has 90 valence electrons. The molecule has 0 radical (unpaired) electrons. The average molecular weight is 222 g/mol. The molecule has 1 saturated heterocycles. The lowest BCUT2D eigenvalue weighted by Gasteiger charge is -2.38. The highest BCUT2D eigenvalue weighted by Gasteiger charge is 2.25. The lowest BCUT2D eigenvalue weighted by Crippen LogP contribution is -2.41. The largest absolute Gasteiger partial charge is 0.396 e. The van der Waals surface area contributed by atoms with Gasteiger partial charge in [-0.3, -0.25) is 4.68 Å². The normalized spacial score (nSPS) is 21.1. The zero-order valence-electron chi connectivity index (χ0n) is 10.3. The minimum absolute atomic E-state index is 0.474. The zero-order valence-corrected chi connectivity index (χ0v) is 10.3. The lowest BCUT2D eigenvalue weighted by atomic mass is 9.84. The Morgan fingerprint density at radius 2 is 2.25 bits per heavy atom. The van der Waals surface area contributed by atoms with Gasteiger partial charge in [0.1, 0.15) is 0 Å². The Hall–Kier alpha value is -1.03. The van der Waals surface area contributed by atoms with E-state index in [1.165, 1.54) is 25.9 Å². The maximum atomic E-state index is 5.63. The molecule has 2 N–H and O–H groups in total. The van der Waals surface area contributed by atoms with Crippen molar-refractivity contribution in [2.45, 2.75) is 33.2 Å². The van der Waals surface area contributed by atoms with E-state index in [4.69, 9.17) is 5.73 Å². The van der Waals surface area contributed by atoms with E-state index >= 15 is 0 Å². The summed E-state index contributed by atoms with van der Waals surface area (Å²) in [7, 11) is 0. The van der Waals surface area contributed by atoms with Crippen LogP contribution in [0.3, 0.4) is 0 Å². The Bertz CT molecular complexity index is 343. The van der Waals surface area contributed by atoms with Crippen molar-refractivity contribution >= 4 is 5.69 Å². The fourth-order valence-corrected chi connectivity index (χ4v) is 2.48. The van der Waals surface area contributed by atoms with Crippen molar-refractivity contribution in [1.29, 1.82) is 0 Å². The maximum absolute atomic E-state index is 5.63. The van der Waals surface area contributed by atoms with Gasteiger partial charge in [0.15, 0.2) is 0 Å². The summed E-state index contributed by atoms with van der Waals surface area (Å²) in [6, 6.07) is 0. The number of rotatable bonds is 3. The van der Waals surface area contributed by atoms with Crippen LogP contribution in [-0.2, 0) is 6.54 Å². The molecule has 2 heterocycles. The molecule has 0 bridgehead atoms. The van der Waals surface area contributed by atoms with Crippen molar-refractivity contribution in [2.75, 3.05) is 25.4 Å². The van der Waals surface area contributed by atoms with Crippen molar-refractivity contribution in [3.8, 4) is 0 Å². The Labute approximate surface area is 97.4 Å². The number of nitrogens with zero attached hydrogens (tertiary/aromatic N) is 3. The lowest BCUT2D eigenvalue weighted by molar-refractivity contribution is 0.113. The summed E-state index contributed by atoms with van der Waals surface area (Å²) < 4.78 is 1.93. The monoisotopic (exact) mass is 222 g/mol. The summed E-state index contributed by atoms with van der Waals surface area (Å²) >= 11 is 0. The van der Waals surface area contributed by atoms with Gasteiger partial charge in [-0.2, -0.15) is 5.10 Å². The molecular formula is C12H22N4. The molecule has 0 unspecified atom stereocenters. The third-order valence-corrected chi connectivity index (χ3v) is 3.28. The van der Waals surface area contributed by atoms with Gasteiger partial charge in [-0.05, 0) is 24.8 Å². The van der Waals surface area contributed by atoms with E-state index in [9.17, 15) is 0 Å². The first-order valence-corrected chi connectivity index (χ1v) is 6.05. The van der Waals surface area contributed by atoms with Gasteiger partial charge in [0, 0.05) is 19.3 Å². The smallest absolute Gasteiger partial charge is 0.0719 e. The molecule has 0 amide bonds. The molecule has 1 aliphatic heterocycles. The average Bonchev–Trinajstić information content (AvgIpc) is 2.60. The molecule has 0 spiro atoms. The van der Waals surface area contributed by atoms with Crippen LogP contribution in [0.5, 0.6) is 0 Å². The van der Waals surface area contributed by atoms with Crippen LogP contribution in [0.1, 0.15) is 26.7 Å². The van der Waals surface area contributed by atoms with Gasteiger partial charge in [0.2, 0.25) is 0 Å². The van der Waals surface area contributed by atoms with Crippen molar-refractivity contribution in [3.63, 3.8) is 0 Å². The third kappa shape index (κ3) is 2.98. The van der Waals surface area contributed by atoms with Gasteiger partial charge in [0.25, 0.3) is 0 Å². The van der Waals surface area contributed by atoms with E-state index in [-0.39, 0.29) is 0 Å². The molecule has 0 atom stereocenters. The van der Waals surface area contributed by atoms with E-state index in [2.05, 4.69) is 23.8 Å². The summed E-state index contributed by atoms with van der Waals surface area (Å²) in [4.78, 5) is 2.53. The standard InChI is InChI=1S/C12H22N4/c1-12(2)4-3-5-15(10-12)6-7-16-9-11(13)8-14-16/h8-9H,3-7,10,13H2,1-2H3. The molecule has 1 aromatic heterocycles. The van der Waals surface area contributed by atoms with Crippen LogP contribution in [0.2, 0.25) is 0 Å². The summed E-state index contributed by atoms with van der Waals surface area (Å²) in [5.74, 6) is 0. The number of piperidine rings is 1. The second-order valence-corrected chi connectivity index (χ2v) is 5.58. The van der Waals surface area contributed by atoms with Crippen LogP contribution in [0, 0.1) is 5.41 Å². The molecule has 2 rings (SSSR count). The summed E-state index contributed by atoms with van der Waals surface area (Å²) in [5, 5.41) is 4.20. The fraction of sp³-hybridized carbons (Fsp3) is 0.750. The Morgan fingerprint density at radius 3 is 2.88 bits per heavy atom. The highest BCUT2D eigenvalue weighted by atomic mass is 15.3. The third-order valence-electron chi connectivity index (χ3n) is 3.28. The molecule has 4 nitrogen and oxygen atoms in total. The number of hydrogen-bond donors (Lipinski definition) is 1. The van der Waals surface area contributed by atoms with Gasteiger partial charge in [0.05, 0.1) is 18.4 Å². The number of hydrogen-bond acceptors (Lipinski definition) is 3. The van der Waals surface area contributed by atoms with Crippen LogP contribution >= 0.6 is 0 Å². The second kappa shape index (κ2) is 4.45. The van der Waals surface area contributed by atoms with Gasteiger partial charge < -0.3 is 10.6 Å². The SMILES string of the molecule is CC1(C)CCCN(CCn2cc(N)cn2)C1. The van der Waals surface area contributed by atoms with Crippen LogP contribution in [-0.4, -0.2) is 34.3 Å². The number of nitrogen functional groups attached to an aromatic ring is 1. The maximum Gasteiger partial charge on any atom is 0.0719 e. The number of nitrogens with two attached hydrogens (primary N) is 1. The van der Waals surface area contributed by atoms with Crippen LogP contribution < -0.4 is 5.73 Å². The van der Waals surface area contributed by atoms with Gasteiger partial charge in [-0.1, -0.05) is 13.8 Å². The van der Waals surface area contributed by atoms with Gasteiger partial charge in [-0.25, -0.2) is 0 Å². The van der Waals surface area contributed by atoms with Gasteiger partial charge >= 0.3 is 0 Å². The fourth-order valence-electron chi connectivity index (χ4n) is 2.48. The van der Waals surface area contributed by atoms with E-state index in [1.807, 2.05) is 10.9 Å². The summed E-state index contributed by atoms with van der Waals surface area (Å²) in [5.41, 5.74) is 6.86. The molecule has 1 fully saturated rings. The van der Waals surface area contributed by atoms with Crippen molar-refractivity contribution in [3.05, 3.63) is 12.4 Å². The van der Waals surface area contributed by atoms with E-state index in [1.54, 1.807) is 6.20 Å². The van der Waals surface area contributed by atoms with E-state index in [0.717, 1.165) is 18.8 Å². The molecule has 4 heteroatoms. The minimum Gasteiger partial charge on any atom is -0.396 e. The summed E-state index contributed by atoms with van der Waals surface area (Å²) in [6.07, 6.45) is 6.27. The molecule has 0 aliphatic carbocycles. The molecule has 1 aliphatic rings. The first-order valence-electron chi connectivity index (χ1n) is 6.05. The van der Waals surface area contributed by atoms with Crippen molar-refractivity contribution in [2.24, 2.45) is 5.41 Å². The molecule has 1 aromatic rings. The Morgan fingerprint density at radius 1 is 1.44 bits per heavy atom. The van der Waals surface area contributed by atoms with Crippen LogP contribution in [0.4, 0.5) is 5.69 Å². The quantitative estimate of drug-likeness (QED) is 0.844. The topological polar surface area (TPSA) is 47.1 Å². The Balaban J connectivity index is 1.82. The first kappa shape index (κ1) is 11.5. The molecule has 0 saturated carbocycles. The molecule has 16 heavy (non-hydrogen) atoms. The van der Waals surface area contributed by atoms with Crippen LogP contribution in [0.25, 0.3) is 0 Å². The predicted octanol–water partition coefficient (Wildman–Crippen LogP) is 1.59. The van der Waals surface area contributed by atoms with Crippen molar-refractivity contribution in [1.82, 2.24) is 14.7 Å². The molecular weight excluding hydrogens is 200 g/mol. The van der Waals surface area contributed by atoms with Crippen LogP contribution in [0.15, 0.2) is 12.4 Å². The van der Waals surface area contributed by atoms with Gasteiger partial charge in [-0.15, -0.1) is 0 Å². The molecule has 0 aromatic carbocycles. The number of likely N-dealkylation sites (tertiary alicyclic amines) is 1. The Kier molecular flexibility index (Phi) is 3.19. The first-order chi connectivity index (χ1) is 7.55. The highest BCUT2D eigenvalue weighted by molar-refractivity contribution is 5.30. The van der Waals surface area contributed by atoms with E-state index < -0.39 is 0 Å². The summed E-state index contributed by atoms with van der Waals surface area (Å²) in [6.45, 7) is 9.14. The van der Waals surface area contributed by atoms with E-state index in [0.29, 0.717) is 5.41 Å². The highest BCUT2D eigenvalue weighted by Crippen LogP contribution is 2.28. The van der Waals surface area contributed by atoms with Crippen molar-refractivity contribution < 1.29 is 0 Å². The zero-order chi connectivity index (χ0) is 11.6. The minimum atomic E-state index is 0.474. The predicted molar refractivity (Wildman–Crippen MR) is 66.1 cm³/mol. The number of aromatic nitrogens is 2. The number of anilines is 1. The second-order valence-electron chi connectivity index (χ2n) is 5.58.